The number of hydrogen-bond donors (Lipinski definition) is 3. The number of carbonyl (C=O) groups is 2. The summed E-state index contributed by atoms with van der Waals surface area (Å²) in [5, 5.41) is 21.6. The Morgan fingerprint density at radius 2 is 2.04 bits per heavy atom. The normalized spacial score (nSPS) is 22.8. The van der Waals surface area contributed by atoms with Gasteiger partial charge in [0.15, 0.2) is 6.10 Å². The monoisotopic (exact) mass is 372 g/mol. The van der Waals surface area contributed by atoms with Gasteiger partial charge in [-0.1, -0.05) is 0 Å². The van der Waals surface area contributed by atoms with Gasteiger partial charge in [0.1, 0.15) is 11.4 Å². The molecule has 7 nitrogen and oxygen atoms in total. The Hall–Kier alpha value is -2.59. The fourth-order valence-electron chi connectivity index (χ4n) is 2.79. The van der Waals surface area contributed by atoms with Crippen molar-refractivity contribution < 1.29 is 37.7 Å². The number of rotatable bonds is 4. The summed E-state index contributed by atoms with van der Waals surface area (Å²) in [6, 6.07) is 3.99. The van der Waals surface area contributed by atoms with Crippen molar-refractivity contribution in [2.75, 3.05) is 18.5 Å². The lowest BCUT2D eigenvalue weighted by atomic mass is 9.98. The minimum atomic E-state index is -4.59. The lowest BCUT2D eigenvalue weighted by molar-refractivity contribution is -0.207. The number of fused-ring (bicyclic) bond motifs is 1. The number of benzene rings is 1. The van der Waals surface area contributed by atoms with Gasteiger partial charge in [-0.3, -0.25) is 14.5 Å². The molecule has 0 aromatic heterocycles. The zero-order valence-corrected chi connectivity index (χ0v) is 13.3. The van der Waals surface area contributed by atoms with Crippen LogP contribution in [0.3, 0.4) is 0 Å². The fourth-order valence-corrected chi connectivity index (χ4v) is 2.79. The van der Waals surface area contributed by atoms with Crippen LogP contribution in [0.5, 0.6) is 5.75 Å². The molecule has 2 amide bonds. The molecule has 2 heterocycles. The van der Waals surface area contributed by atoms with E-state index >= 15 is 0 Å². The number of β-amino-alcohol motifs (C(OH)–C–C–N with tert-alkyl or cyclic N) is 1. The Balaban J connectivity index is 1.79. The molecule has 140 valence electrons. The maximum absolute atomic E-state index is 12.8. The summed E-state index contributed by atoms with van der Waals surface area (Å²) in [6.45, 7) is -0.518. The van der Waals surface area contributed by atoms with Gasteiger partial charge in [0.25, 0.3) is 11.8 Å². The summed E-state index contributed by atoms with van der Waals surface area (Å²) in [7, 11) is 0. The van der Waals surface area contributed by atoms with Gasteiger partial charge in [0.05, 0.1) is 19.3 Å². The molecule has 10 heteroatoms. The number of ether oxygens (including phenoxy) is 1. The molecule has 2 unspecified atom stereocenters. The lowest BCUT2D eigenvalue weighted by Gasteiger charge is -2.31. The lowest BCUT2D eigenvalue weighted by Crippen LogP contribution is -2.38. The molecule has 0 saturated heterocycles. The molecule has 2 aliphatic rings. The fraction of sp³-hybridized carbons (Fsp3) is 0.375. The number of nitrogens with zero attached hydrogens (tertiary/aromatic N) is 1. The number of hydrogen-bond acceptors (Lipinski definition) is 6. The summed E-state index contributed by atoms with van der Waals surface area (Å²) in [5.74, 6) is -1.31. The first kappa shape index (κ1) is 18.2. The van der Waals surface area contributed by atoms with Crippen LogP contribution in [0.2, 0.25) is 0 Å². The van der Waals surface area contributed by atoms with Crippen LogP contribution >= 0.6 is 0 Å². The van der Waals surface area contributed by atoms with E-state index in [0.29, 0.717) is 5.69 Å². The molecular weight excluding hydrogens is 357 g/mol. The summed E-state index contributed by atoms with van der Waals surface area (Å²) in [5.41, 5.74) is 0.415. The van der Waals surface area contributed by atoms with Gasteiger partial charge in [-0.05, 0) is 18.2 Å². The number of anilines is 1. The van der Waals surface area contributed by atoms with E-state index in [1.165, 1.54) is 18.2 Å². The van der Waals surface area contributed by atoms with Crippen LogP contribution in [0.15, 0.2) is 30.0 Å². The van der Waals surface area contributed by atoms with Crippen LogP contribution < -0.4 is 10.1 Å². The number of aliphatic hydroxyl groups is 2. The first-order valence-electron chi connectivity index (χ1n) is 7.71. The minimum Gasteiger partial charge on any atom is -0.480 e. The van der Waals surface area contributed by atoms with E-state index in [2.05, 4.69) is 5.32 Å². The molecule has 1 aromatic carbocycles. The van der Waals surface area contributed by atoms with Gasteiger partial charge in [-0.15, -0.1) is 0 Å². The maximum Gasteiger partial charge on any atom is 0.425 e. The Labute approximate surface area is 145 Å². The highest BCUT2D eigenvalue weighted by molar-refractivity contribution is 6.17. The Kier molecular flexibility index (Phi) is 4.63. The first-order valence-corrected chi connectivity index (χ1v) is 7.71. The molecule has 0 fully saturated rings. The van der Waals surface area contributed by atoms with Crippen molar-refractivity contribution in [3.8, 4) is 5.75 Å². The number of aliphatic hydroxyl groups excluding tert-OH is 2. The van der Waals surface area contributed by atoms with E-state index in [9.17, 15) is 27.9 Å². The quantitative estimate of drug-likeness (QED) is 0.685. The van der Waals surface area contributed by atoms with Crippen molar-refractivity contribution in [2.45, 2.75) is 24.8 Å². The van der Waals surface area contributed by atoms with E-state index in [-0.39, 0.29) is 30.2 Å². The van der Waals surface area contributed by atoms with Gasteiger partial charge in [-0.25, -0.2) is 0 Å². The van der Waals surface area contributed by atoms with Crippen molar-refractivity contribution in [1.82, 2.24) is 4.90 Å². The van der Waals surface area contributed by atoms with Crippen molar-refractivity contribution in [3.05, 3.63) is 35.5 Å². The smallest absolute Gasteiger partial charge is 0.425 e. The highest BCUT2D eigenvalue weighted by Gasteiger charge is 2.46. The molecule has 2 atom stereocenters. The van der Waals surface area contributed by atoms with Crippen LogP contribution in [0.4, 0.5) is 18.9 Å². The molecule has 3 rings (SSSR count). The average Bonchev–Trinajstić information content (AvgIpc) is 2.82. The van der Waals surface area contributed by atoms with E-state index in [1.807, 2.05) is 0 Å². The van der Waals surface area contributed by atoms with Crippen LogP contribution in [0.1, 0.15) is 18.1 Å². The summed E-state index contributed by atoms with van der Waals surface area (Å²) in [6.07, 6.45) is -7.64. The van der Waals surface area contributed by atoms with E-state index < -0.39 is 36.6 Å². The maximum atomic E-state index is 12.8. The molecule has 26 heavy (non-hydrogen) atoms. The molecule has 3 N–H and O–H groups in total. The Morgan fingerprint density at radius 1 is 1.31 bits per heavy atom. The number of amides is 2. The molecule has 1 aromatic rings. The predicted molar refractivity (Wildman–Crippen MR) is 82.0 cm³/mol. The standard InChI is InChI=1S/C16H15F3N2O5/c17-16(18,19)13-7-11(23)9-5-8(1-2-12(9)26-13)20-10-6-14(24)21(3-4-22)15(10)25/h1-2,5-6,11,13,20,22-23H,3-4,7H2. The zero-order valence-electron chi connectivity index (χ0n) is 13.3. The highest BCUT2D eigenvalue weighted by atomic mass is 19.4. The summed E-state index contributed by atoms with van der Waals surface area (Å²) in [4.78, 5) is 24.6. The van der Waals surface area contributed by atoms with Crippen LogP contribution in [-0.2, 0) is 9.59 Å². The highest BCUT2D eigenvalue weighted by Crippen LogP contribution is 2.41. The number of imide groups is 1. The first-order chi connectivity index (χ1) is 12.2. The van der Waals surface area contributed by atoms with Gasteiger partial charge >= 0.3 is 6.18 Å². The van der Waals surface area contributed by atoms with Gasteiger partial charge < -0.3 is 20.3 Å². The zero-order chi connectivity index (χ0) is 19.1. The van der Waals surface area contributed by atoms with Gasteiger partial charge in [-0.2, -0.15) is 13.2 Å². The third-order valence-corrected chi connectivity index (χ3v) is 4.05. The van der Waals surface area contributed by atoms with Gasteiger partial charge in [0, 0.05) is 23.7 Å². The second kappa shape index (κ2) is 6.61. The molecule has 2 aliphatic heterocycles. The van der Waals surface area contributed by atoms with Crippen LogP contribution in [0.25, 0.3) is 0 Å². The largest absolute Gasteiger partial charge is 0.480 e. The van der Waals surface area contributed by atoms with E-state index in [4.69, 9.17) is 9.84 Å². The van der Waals surface area contributed by atoms with Crippen molar-refractivity contribution in [1.29, 1.82) is 0 Å². The Morgan fingerprint density at radius 3 is 2.69 bits per heavy atom. The van der Waals surface area contributed by atoms with E-state index in [0.717, 1.165) is 11.0 Å². The van der Waals surface area contributed by atoms with Crippen LogP contribution in [-0.4, -0.2) is 52.4 Å². The summed E-state index contributed by atoms with van der Waals surface area (Å²) >= 11 is 0. The molecule has 0 bridgehead atoms. The number of carbonyl (C=O) groups excluding carboxylic acids is 2. The number of alkyl halides is 3. The number of nitrogens with one attached hydrogen (secondary N) is 1. The average molecular weight is 372 g/mol. The third-order valence-electron chi connectivity index (χ3n) is 4.05. The predicted octanol–water partition coefficient (Wildman–Crippen LogP) is 1.09. The SMILES string of the molecule is O=C1C=C(Nc2ccc3c(c2)C(O)CC(C(F)(F)F)O3)C(=O)N1CCO. The van der Waals surface area contributed by atoms with Gasteiger partial charge in [0.2, 0.25) is 0 Å². The minimum absolute atomic E-state index is 0.0391. The van der Waals surface area contributed by atoms with Crippen LogP contribution in [0, 0.1) is 0 Å². The number of halogens is 3. The van der Waals surface area contributed by atoms with Crippen molar-refractivity contribution >= 4 is 17.5 Å². The second-order valence-corrected chi connectivity index (χ2v) is 5.85. The topological polar surface area (TPSA) is 99.1 Å². The molecule has 0 aliphatic carbocycles. The van der Waals surface area contributed by atoms with Crippen molar-refractivity contribution in [3.63, 3.8) is 0 Å². The molecule has 0 spiro atoms. The Bertz CT molecular complexity index is 778. The van der Waals surface area contributed by atoms with E-state index in [1.54, 1.807) is 0 Å². The molecule has 0 radical (unpaired) electrons. The third kappa shape index (κ3) is 3.37. The molecule has 0 saturated carbocycles. The second-order valence-electron chi connectivity index (χ2n) is 5.85. The summed E-state index contributed by atoms with van der Waals surface area (Å²) < 4.78 is 43.3. The molecular formula is C16H15F3N2O5. The van der Waals surface area contributed by atoms with Crippen molar-refractivity contribution in [2.24, 2.45) is 0 Å².